The van der Waals surface area contributed by atoms with E-state index >= 15 is 0 Å². The highest BCUT2D eigenvalue weighted by molar-refractivity contribution is 7.90. The molecule has 158 valence electrons. The van der Waals surface area contributed by atoms with Crippen molar-refractivity contribution in [1.82, 2.24) is 14.1 Å². The molecule has 0 amide bonds. The van der Waals surface area contributed by atoms with E-state index in [1.807, 2.05) is 4.68 Å². The lowest BCUT2D eigenvalue weighted by molar-refractivity contribution is -0.0494. The van der Waals surface area contributed by atoms with Crippen LogP contribution in [0.3, 0.4) is 0 Å². The molecule has 2 aliphatic rings. The van der Waals surface area contributed by atoms with E-state index in [-0.39, 0.29) is 37.9 Å². The van der Waals surface area contributed by atoms with Crippen LogP contribution in [-0.2, 0) is 14.8 Å². The molecule has 4 rings (SSSR count). The number of hydrogen-bond acceptors (Lipinski definition) is 5. The molecule has 2 heterocycles. The summed E-state index contributed by atoms with van der Waals surface area (Å²) in [6.07, 6.45) is 2.44. The quantitative estimate of drug-likeness (QED) is 0.695. The molecule has 0 N–H and O–H groups in total. The Morgan fingerprint density at radius 1 is 1.17 bits per heavy atom. The number of carbonyl (C=O) groups is 1. The number of carbonyl (C=O) groups excluding carboxylic acids is 1. The summed E-state index contributed by atoms with van der Waals surface area (Å²) >= 11 is 0. The number of benzene rings is 1. The second-order valence-electron chi connectivity index (χ2n) is 7.41. The van der Waals surface area contributed by atoms with Crippen molar-refractivity contribution in [2.45, 2.75) is 43.2 Å². The normalized spacial score (nSPS) is 19.6. The summed E-state index contributed by atoms with van der Waals surface area (Å²) in [6, 6.07) is 5.28. The van der Waals surface area contributed by atoms with Crippen LogP contribution in [-0.4, -0.2) is 54.2 Å². The van der Waals surface area contributed by atoms with Gasteiger partial charge < -0.3 is 4.74 Å². The van der Waals surface area contributed by atoms with Crippen molar-refractivity contribution in [3.05, 3.63) is 29.5 Å². The van der Waals surface area contributed by atoms with Crippen molar-refractivity contribution in [3.8, 4) is 0 Å². The van der Waals surface area contributed by atoms with Crippen LogP contribution >= 0.6 is 0 Å². The van der Waals surface area contributed by atoms with Gasteiger partial charge in [0, 0.05) is 30.1 Å². The number of sulfonamides is 1. The van der Waals surface area contributed by atoms with Gasteiger partial charge in [0.1, 0.15) is 0 Å². The van der Waals surface area contributed by atoms with Gasteiger partial charge in [-0.15, -0.1) is 0 Å². The fraction of sp³-hybridized carbons (Fsp3) is 0.556. The minimum atomic E-state index is -5.32. The highest BCUT2D eigenvalue weighted by Crippen LogP contribution is 2.43. The van der Waals surface area contributed by atoms with Gasteiger partial charge in [0.05, 0.1) is 24.2 Å². The minimum Gasteiger partial charge on any atom is -0.465 e. The molecular weight excluding hydrogens is 411 g/mol. The van der Waals surface area contributed by atoms with Crippen LogP contribution in [0.1, 0.15) is 53.7 Å². The number of halogens is 3. The van der Waals surface area contributed by atoms with Crippen molar-refractivity contribution in [3.63, 3.8) is 0 Å². The van der Waals surface area contributed by atoms with Crippen LogP contribution in [0.2, 0.25) is 0 Å². The van der Waals surface area contributed by atoms with Crippen LogP contribution < -0.4 is 0 Å². The van der Waals surface area contributed by atoms with Gasteiger partial charge >= 0.3 is 21.5 Å². The molecular formula is C18H20F3N3O4S. The zero-order valence-corrected chi connectivity index (χ0v) is 16.5. The average molecular weight is 431 g/mol. The lowest BCUT2D eigenvalue weighted by Crippen LogP contribution is -2.44. The molecule has 1 saturated carbocycles. The van der Waals surface area contributed by atoms with Gasteiger partial charge in [0.2, 0.25) is 0 Å². The van der Waals surface area contributed by atoms with Crippen LogP contribution in [0.15, 0.2) is 18.2 Å². The third-order valence-corrected chi connectivity index (χ3v) is 7.15. The average Bonchev–Trinajstić information content (AvgIpc) is 3.46. The van der Waals surface area contributed by atoms with E-state index in [9.17, 15) is 26.4 Å². The Balaban J connectivity index is 1.67. The monoisotopic (exact) mass is 431 g/mol. The van der Waals surface area contributed by atoms with Gasteiger partial charge in [-0.05, 0) is 43.9 Å². The van der Waals surface area contributed by atoms with Gasteiger partial charge in [0.15, 0.2) is 0 Å². The van der Waals surface area contributed by atoms with Crippen LogP contribution in [0.5, 0.6) is 0 Å². The van der Waals surface area contributed by atoms with Crippen molar-refractivity contribution in [1.29, 1.82) is 0 Å². The zero-order valence-electron chi connectivity index (χ0n) is 15.6. The number of rotatable bonds is 4. The molecule has 1 saturated heterocycles. The number of methoxy groups -OCH3 is 1. The smallest absolute Gasteiger partial charge is 0.465 e. The van der Waals surface area contributed by atoms with E-state index in [4.69, 9.17) is 4.74 Å². The lowest BCUT2D eigenvalue weighted by Gasteiger charge is -2.32. The van der Waals surface area contributed by atoms with Gasteiger partial charge in [-0.25, -0.2) is 13.2 Å². The largest absolute Gasteiger partial charge is 0.511 e. The van der Waals surface area contributed by atoms with E-state index in [0.717, 1.165) is 23.9 Å². The van der Waals surface area contributed by atoms with Crippen molar-refractivity contribution in [2.24, 2.45) is 0 Å². The molecule has 11 heteroatoms. The van der Waals surface area contributed by atoms with Crippen molar-refractivity contribution in [2.75, 3.05) is 20.2 Å². The fourth-order valence-corrected chi connectivity index (χ4v) is 4.87. The highest BCUT2D eigenvalue weighted by atomic mass is 32.2. The highest BCUT2D eigenvalue weighted by Gasteiger charge is 2.50. The van der Waals surface area contributed by atoms with E-state index in [2.05, 4.69) is 5.10 Å². The number of aromatic nitrogens is 2. The van der Waals surface area contributed by atoms with Gasteiger partial charge in [-0.3, -0.25) is 4.68 Å². The molecule has 1 aliphatic carbocycles. The summed E-state index contributed by atoms with van der Waals surface area (Å²) in [5.41, 5.74) is -3.37. The van der Waals surface area contributed by atoms with Crippen molar-refractivity contribution >= 4 is 26.9 Å². The van der Waals surface area contributed by atoms with Crippen LogP contribution in [0.25, 0.3) is 10.9 Å². The van der Waals surface area contributed by atoms with E-state index in [0.29, 0.717) is 15.4 Å². The first kappa shape index (κ1) is 20.1. The van der Waals surface area contributed by atoms with Crippen LogP contribution in [0.4, 0.5) is 13.2 Å². The van der Waals surface area contributed by atoms with Gasteiger partial charge in [0.25, 0.3) is 0 Å². The number of fused-ring (bicyclic) bond motifs is 1. The summed E-state index contributed by atoms with van der Waals surface area (Å²) in [4.78, 5) is 11.9. The minimum absolute atomic E-state index is 0.145. The standard InChI is InChI=1S/C18H20F3N3O4S/c1-28-17(25)12-2-5-15-14(10-12)16(24(22-15)13-3-4-13)11-6-8-23(9-7-11)29(26,27)18(19,20)21/h2,5,10-11,13H,3-4,6-9H2,1H3. The van der Waals surface area contributed by atoms with E-state index in [1.54, 1.807) is 18.2 Å². The number of ether oxygens (including phenoxy) is 1. The zero-order chi connectivity index (χ0) is 21.0. The maximum absolute atomic E-state index is 12.8. The SMILES string of the molecule is COC(=O)c1ccc2nn(C3CC3)c(C3CCN(S(=O)(=O)C(F)(F)F)CC3)c2c1. The molecule has 1 aromatic heterocycles. The maximum atomic E-state index is 12.8. The third kappa shape index (κ3) is 3.50. The summed E-state index contributed by atoms with van der Waals surface area (Å²) < 4.78 is 69.1. The molecule has 0 spiro atoms. The third-order valence-electron chi connectivity index (χ3n) is 5.52. The number of nitrogens with zero attached hydrogens (tertiary/aromatic N) is 3. The Morgan fingerprint density at radius 2 is 1.83 bits per heavy atom. The Morgan fingerprint density at radius 3 is 2.38 bits per heavy atom. The predicted octanol–water partition coefficient (Wildman–Crippen LogP) is 3.19. The Kier molecular flexibility index (Phi) is 4.85. The number of esters is 1. The molecule has 29 heavy (non-hydrogen) atoms. The molecule has 0 atom stereocenters. The predicted molar refractivity (Wildman–Crippen MR) is 97.9 cm³/mol. The maximum Gasteiger partial charge on any atom is 0.511 e. The first-order valence-corrected chi connectivity index (χ1v) is 10.7. The molecule has 0 bridgehead atoms. The first-order valence-electron chi connectivity index (χ1n) is 9.30. The molecule has 0 unspecified atom stereocenters. The molecule has 1 aromatic carbocycles. The number of hydrogen-bond donors (Lipinski definition) is 0. The van der Waals surface area contributed by atoms with E-state index < -0.39 is 21.5 Å². The summed E-state index contributed by atoms with van der Waals surface area (Å²) in [5.74, 6) is -0.628. The van der Waals surface area contributed by atoms with Gasteiger partial charge in [-0.1, -0.05) is 0 Å². The summed E-state index contributed by atoms with van der Waals surface area (Å²) in [6.45, 7) is -0.416. The Hall–Kier alpha value is -2.14. The molecule has 7 nitrogen and oxygen atoms in total. The molecule has 2 aromatic rings. The number of alkyl halides is 3. The number of piperidine rings is 1. The van der Waals surface area contributed by atoms with Gasteiger partial charge in [-0.2, -0.15) is 22.6 Å². The van der Waals surface area contributed by atoms with Crippen LogP contribution in [0, 0.1) is 0 Å². The Labute approximate surface area is 165 Å². The summed E-state index contributed by atoms with van der Waals surface area (Å²) in [5, 5.41) is 5.40. The van der Waals surface area contributed by atoms with Crippen molar-refractivity contribution < 1.29 is 31.1 Å². The molecule has 0 radical (unpaired) electrons. The fourth-order valence-electron chi connectivity index (χ4n) is 3.89. The first-order chi connectivity index (χ1) is 13.6. The lowest BCUT2D eigenvalue weighted by atomic mass is 9.91. The molecule has 1 aliphatic heterocycles. The topological polar surface area (TPSA) is 81.5 Å². The molecule has 2 fully saturated rings. The second kappa shape index (κ2) is 6.98. The Bertz CT molecular complexity index is 1050. The van der Waals surface area contributed by atoms with E-state index in [1.165, 1.54) is 7.11 Å². The summed E-state index contributed by atoms with van der Waals surface area (Å²) in [7, 11) is -4.03. The second-order valence-corrected chi connectivity index (χ2v) is 9.34.